The molecule has 0 bridgehead atoms. The predicted molar refractivity (Wildman–Crippen MR) is 113 cm³/mol. The van der Waals surface area contributed by atoms with Crippen molar-refractivity contribution in [3.05, 3.63) is 47.3 Å². The summed E-state index contributed by atoms with van der Waals surface area (Å²) in [6.45, 7) is 4.59. The summed E-state index contributed by atoms with van der Waals surface area (Å²) < 4.78 is 11.7. The van der Waals surface area contributed by atoms with Crippen LogP contribution in [0.4, 0.5) is 5.69 Å². The summed E-state index contributed by atoms with van der Waals surface area (Å²) in [6, 6.07) is 8.90. The molecule has 0 fully saturated rings. The minimum absolute atomic E-state index is 0.0397. The lowest BCUT2D eigenvalue weighted by Gasteiger charge is -2.14. The maximum atomic E-state index is 12.8. The molecule has 2 aromatic rings. The van der Waals surface area contributed by atoms with Crippen LogP contribution in [0, 0.1) is 13.8 Å². The number of ketones is 1. The Morgan fingerprint density at radius 2 is 1.73 bits per heavy atom. The molecule has 1 amide bonds. The fraction of sp³-hybridized carbons (Fsp3) is 0.409. The number of hydrogen-bond acceptors (Lipinski definition) is 5. The highest BCUT2D eigenvalue weighted by atomic mass is 16.5. The summed E-state index contributed by atoms with van der Waals surface area (Å²) in [7, 11) is 4.75. The summed E-state index contributed by atoms with van der Waals surface area (Å²) in [4.78, 5) is 37.2. The van der Waals surface area contributed by atoms with E-state index in [0.29, 0.717) is 23.5 Å². The van der Waals surface area contributed by atoms with Gasteiger partial charge in [0.25, 0.3) is 5.91 Å². The average molecular weight is 416 g/mol. The lowest BCUT2D eigenvalue weighted by atomic mass is 10.1. The Morgan fingerprint density at radius 3 is 2.33 bits per heavy atom. The number of likely N-dealkylation sites (N-methyl/N-ethyl adjacent to an activating group) is 1. The van der Waals surface area contributed by atoms with Crippen LogP contribution >= 0.6 is 0 Å². The number of rotatable bonds is 10. The van der Waals surface area contributed by atoms with E-state index in [9.17, 15) is 14.4 Å². The normalized spacial score (nSPS) is 11.6. The fourth-order valence-electron chi connectivity index (χ4n) is 3.32. The van der Waals surface area contributed by atoms with Gasteiger partial charge in [-0.1, -0.05) is 0 Å². The highest BCUT2D eigenvalue weighted by Gasteiger charge is 2.21. The standard InChI is InChI=1S/C22H29N3O5/c1-15-12-19(16(2)25(15)11-10-22(28)30-5)20(26)13-24(3)14-21(27)23-17-6-8-18(29-4)9-7-17/h6-9,12H,10-11,13-14H2,1-5H3,(H,23,27)/p+1. The minimum Gasteiger partial charge on any atom is -0.497 e. The molecule has 0 spiro atoms. The van der Waals surface area contributed by atoms with E-state index in [1.165, 1.54) is 7.11 Å². The number of Topliss-reactive ketones (excluding diaryl/α,β-unsaturated/α-hetero) is 1. The number of aryl methyl sites for hydroxylation is 1. The molecule has 1 heterocycles. The van der Waals surface area contributed by atoms with Crippen LogP contribution in [-0.4, -0.2) is 56.6 Å². The summed E-state index contributed by atoms with van der Waals surface area (Å²) in [5.74, 6) is 0.212. The van der Waals surface area contributed by atoms with Crippen molar-refractivity contribution >= 4 is 23.3 Å². The first-order valence-electron chi connectivity index (χ1n) is 9.77. The van der Waals surface area contributed by atoms with Gasteiger partial charge in [0.1, 0.15) is 12.3 Å². The number of aromatic nitrogens is 1. The van der Waals surface area contributed by atoms with Crippen molar-refractivity contribution in [2.75, 3.05) is 39.7 Å². The van der Waals surface area contributed by atoms with Crippen LogP contribution in [-0.2, 0) is 20.9 Å². The zero-order chi connectivity index (χ0) is 22.3. The van der Waals surface area contributed by atoms with Crippen LogP contribution in [0.1, 0.15) is 28.2 Å². The van der Waals surface area contributed by atoms with Crippen LogP contribution in [0.5, 0.6) is 5.75 Å². The number of nitrogens with one attached hydrogen (secondary N) is 2. The van der Waals surface area contributed by atoms with Gasteiger partial charge in [0.2, 0.25) is 5.78 Å². The number of methoxy groups -OCH3 is 2. The highest BCUT2D eigenvalue weighted by Crippen LogP contribution is 2.16. The second kappa shape index (κ2) is 10.6. The van der Waals surface area contributed by atoms with E-state index in [4.69, 9.17) is 4.74 Å². The number of amides is 1. The SMILES string of the molecule is COC(=O)CCn1c(C)cc(C(=O)C[NH+](C)CC(=O)Nc2ccc(OC)cc2)c1C. The van der Waals surface area contributed by atoms with Gasteiger partial charge < -0.3 is 24.3 Å². The number of nitrogens with zero attached hydrogens (tertiary/aromatic N) is 1. The van der Waals surface area contributed by atoms with E-state index in [1.807, 2.05) is 31.5 Å². The second-order valence-corrected chi connectivity index (χ2v) is 7.27. The summed E-state index contributed by atoms with van der Waals surface area (Å²) in [5.41, 5.74) is 3.02. The molecule has 2 rings (SSSR count). The topological polar surface area (TPSA) is 91.1 Å². The predicted octanol–water partition coefficient (Wildman–Crippen LogP) is 1.01. The maximum Gasteiger partial charge on any atom is 0.307 e. The molecule has 1 aromatic heterocycles. The van der Waals surface area contributed by atoms with Crippen molar-refractivity contribution < 1.29 is 28.8 Å². The van der Waals surface area contributed by atoms with Crippen molar-refractivity contribution in [1.29, 1.82) is 0 Å². The number of benzene rings is 1. The molecular formula is C22H30N3O5+. The van der Waals surface area contributed by atoms with Crippen LogP contribution < -0.4 is 15.0 Å². The van der Waals surface area contributed by atoms with Gasteiger partial charge in [0.15, 0.2) is 6.54 Å². The summed E-state index contributed by atoms with van der Waals surface area (Å²) in [6.07, 6.45) is 0.247. The first-order chi connectivity index (χ1) is 14.2. The van der Waals surface area contributed by atoms with E-state index in [2.05, 4.69) is 10.1 Å². The van der Waals surface area contributed by atoms with Crippen molar-refractivity contribution in [2.24, 2.45) is 0 Å². The minimum atomic E-state index is -0.289. The molecule has 0 aliphatic heterocycles. The molecule has 30 heavy (non-hydrogen) atoms. The third kappa shape index (κ3) is 6.18. The third-order valence-corrected chi connectivity index (χ3v) is 4.94. The molecular weight excluding hydrogens is 386 g/mol. The maximum absolute atomic E-state index is 12.8. The van der Waals surface area contributed by atoms with E-state index in [-0.39, 0.29) is 37.2 Å². The van der Waals surface area contributed by atoms with E-state index in [0.717, 1.165) is 16.3 Å². The lowest BCUT2D eigenvalue weighted by molar-refractivity contribution is -0.861. The van der Waals surface area contributed by atoms with Crippen LogP contribution in [0.3, 0.4) is 0 Å². The molecule has 1 aromatic carbocycles. The van der Waals surface area contributed by atoms with Gasteiger partial charge in [0.05, 0.1) is 27.7 Å². The second-order valence-electron chi connectivity index (χ2n) is 7.27. The highest BCUT2D eigenvalue weighted by molar-refractivity contribution is 5.98. The van der Waals surface area contributed by atoms with E-state index < -0.39 is 0 Å². The first-order valence-corrected chi connectivity index (χ1v) is 9.77. The van der Waals surface area contributed by atoms with Gasteiger partial charge >= 0.3 is 5.97 Å². The number of hydrogen-bond donors (Lipinski definition) is 2. The summed E-state index contributed by atoms with van der Waals surface area (Å²) >= 11 is 0. The molecule has 162 valence electrons. The Hall–Kier alpha value is -3.13. The Morgan fingerprint density at radius 1 is 1.07 bits per heavy atom. The molecule has 0 radical (unpaired) electrons. The Kier molecular flexibility index (Phi) is 8.17. The number of esters is 1. The lowest BCUT2D eigenvalue weighted by Crippen LogP contribution is -3.11. The van der Waals surface area contributed by atoms with Crippen LogP contribution in [0.25, 0.3) is 0 Å². The number of ether oxygens (including phenoxy) is 2. The Balaban J connectivity index is 1.93. The number of carbonyl (C=O) groups is 3. The summed E-state index contributed by atoms with van der Waals surface area (Å²) in [5, 5.41) is 2.82. The monoisotopic (exact) mass is 416 g/mol. The van der Waals surface area contributed by atoms with Crippen molar-refractivity contribution in [2.45, 2.75) is 26.8 Å². The molecule has 0 aliphatic carbocycles. The number of quaternary nitrogens is 1. The number of carbonyl (C=O) groups excluding carboxylic acids is 3. The molecule has 1 unspecified atom stereocenters. The van der Waals surface area contributed by atoms with Crippen molar-refractivity contribution in [1.82, 2.24) is 4.57 Å². The van der Waals surface area contributed by atoms with Crippen molar-refractivity contribution in [3.8, 4) is 5.75 Å². The third-order valence-electron chi connectivity index (χ3n) is 4.94. The Bertz CT molecular complexity index is 902. The van der Waals surface area contributed by atoms with Gasteiger partial charge in [-0.15, -0.1) is 0 Å². The van der Waals surface area contributed by atoms with Crippen LogP contribution in [0.15, 0.2) is 30.3 Å². The molecule has 0 saturated carbocycles. The quantitative estimate of drug-likeness (QED) is 0.446. The van der Waals surface area contributed by atoms with Crippen LogP contribution in [0.2, 0.25) is 0 Å². The zero-order valence-corrected chi connectivity index (χ0v) is 18.2. The first kappa shape index (κ1) is 23.2. The average Bonchev–Trinajstić information content (AvgIpc) is 3.00. The van der Waals surface area contributed by atoms with Gasteiger partial charge in [-0.05, 0) is 44.2 Å². The molecule has 8 heteroatoms. The zero-order valence-electron chi connectivity index (χ0n) is 18.2. The van der Waals surface area contributed by atoms with E-state index >= 15 is 0 Å². The smallest absolute Gasteiger partial charge is 0.307 e. The van der Waals surface area contributed by atoms with Gasteiger partial charge in [-0.2, -0.15) is 0 Å². The van der Waals surface area contributed by atoms with E-state index in [1.54, 1.807) is 31.4 Å². The Labute approximate surface area is 176 Å². The fourth-order valence-corrected chi connectivity index (χ4v) is 3.32. The molecule has 8 nitrogen and oxygen atoms in total. The largest absolute Gasteiger partial charge is 0.497 e. The molecule has 1 atom stereocenters. The molecule has 0 saturated heterocycles. The number of anilines is 1. The van der Waals surface area contributed by atoms with Gasteiger partial charge in [-0.25, -0.2) is 0 Å². The van der Waals surface area contributed by atoms with Crippen molar-refractivity contribution in [3.63, 3.8) is 0 Å². The molecule has 0 aliphatic rings. The van der Waals surface area contributed by atoms with Gasteiger partial charge in [-0.3, -0.25) is 14.4 Å². The molecule has 2 N–H and O–H groups in total. The van der Waals surface area contributed by atoms with Gasteiger partial charge in [0, 0.05) is 29.2 Å².